The van der Waals surface area contributed by atoms with Crippen LogP contribution in [0.25, 0.3) is 0 Å². The minimum Gasteiger partial charge on any atom is -0.393 e. The number of benzene rings is 1. The quantitative estimate of drug-likeness (QED) is 0.641. The van der Waals surface area contributed by atoms with Crippen molar-refractivity contribution in [2.45, 2.75) is 32.3 Å². The maximum absolute atomic E-state index is 10.9. The zero-order valence-corrected chi connectivity index (χ0v) is 10.1. The Bertz CT molecular complexity index is 475. The zero-order valence-electron chi connectivity index (χ0n) is 10.1. The summed E-state index contributed by atoms with van der Waals surface area (Å²) in [5, 5.41) is 31.2. The molecule has 18 heavy (non-hydrogen) atoms. The van der Waals surface area contributed by atoms with E-state index >= 15 is 0 Å². The van der Waals surface area contributed by atoms with Crippen LogP contribution in [0.5, 0.6) is 0 Å². The summed E-state index contributed by atoms with van der Waals surface area (Å²) in [7, 11) is 0. The van der Waals surface area contributed by atoms with Gasteiger partial charge in [0.25, 0.3) is 11.4 Å². The van der Waals surface area contributed by atoms with Crippen LogP contribution in [0.3, 0.4) is 0 Å². The summed E-state index contributed by atoms with van der Waals surface area (Å²) in [6.07, 6.45) is -0.264. The summed E-state index contributed by atoms with van der Waals surface area (Å²) in [6.45, 7) is 3.42. The van der Waals surface area contributed by atoms with Gasteiger partial charge in [-0.05, 0) is 12.5 Å². The zero-order chi connectivity index (χ0) is 13.9. The van der Waals surface area contributed by atoms with E-state index in [0.29, 0.717) is 12.0 Å². The predicted octanol–water partition coefficient (Wildman–Crippen LogP) is 2.38. The molecule has 0 aliphatic rings. The van der Waals surface area contributed by atoms with Crippen molar-refractivity contribution in [2.24, 2.45) is 0 Å². The second kappa shape index (κ2) is 5.54. The van der Waals surface area contributed by atoms with Gasteiger partial charge in [-0.15, -0.1) is 0 Å². The normalized spacial score (nSPS) is 13.9. The van der Waals surface area contributed by atoms with Gasteiger partial charge in [0.15, 0.2) is 0 Å². The van der Waals surface area contributed by atoms with Gasteiger partial charge in [-0.3, -0.25) is 20.2 Å². The van der Waals surface area contributed by atoms with E-state index in [2.05, 4.69) is 0 Å². The Hall–Kier alpha value is -2.02. The van der Waals surface area contributed by atoms with Gasteiger partial charge in [0, 0.05) is 17.5 Å². The van der Waals surface area contributed by atoms with Crippen LogP contribution in [0.2, 0.25) is 0 Å². The van der Waals surface area contributed by atoms with E-state index in [0.717, 1.165) is 6.07 Å². The molecule has 0 aliphatic heterocycles. The summed E-state index contributed by atoms with van der Waals surface area (Å²) in [5.41, 5.74) is -0.354. The SMILES string of the molecule is CCC(O)C(C)c1ccc([N+](=O)[O-])cc1[N+](=O)[O-]. The average Bonchev–Trinajstić information content (AvgIpc) is 2.35. The van der Waals surface area contributed by atoms with Gasteiger partial charge in [0.2, 0.25) is 0 Å². The van der Waals surface area contributed by atoms with Crippen molar-refractivity contribution in [3.05, 3.63) is 44.0 Å². The van der Waals surface area contributed by atoms with Gasteiger partial charge in [0.1, 0.15) is 0 Å². The topological polar surface area (TPSA) is 107 Å². The molecule has 1 N–H and O–H groups in total. The highest BCUT2D eigenvalue weighted by atomic mass is 16.6. The Morgan fingerprint density at radius 1 is 1.28 bits per heavy atom. The van der Waals surface area contributed by atoms with E-state index in [1.165, 1.54) is 12.1 Å². The van der Waals surface area contributed by atoms with E-state index in [9.17, 15) is 25.3 Å². The van der Waals surface area contributed by atoms with Crippen LogP contribution in [0.15, 0.2) is 18.2 Å². The third-order valence-electron chi connectivity index (χ3n) is 2.91. The maximum Gasteiger partial charge on any atom is 0.279 e. The Kier molecular flexibility index (Phi) is 4.33. The molecule has 0 spiro atoms. The molecule has 0 aromatic heterocycles. The first-order chi connectivity index (χ1) is 8.38. The van der Waals surface area contributed by atoms with Crippen molar-refractivity contribution < 1.29 is 15.0 Å². The van der Waals surface area contributed by atoms with Crippen molar-refractivity contribution in [1.82, 2.24) is 0 Å². The number of nitro groups is 2. The molecule has 2 unspecified atom stereocenters. The highest BCUT2D eigenvalue weighted by Crippen LogP contribution is 2.32. The molecule has 7 heteroatoms. The number of rotatable bonds is 5. The summed E-state index contributed by atoms with van der Waals surface area (Å²) in [4.78, 5) is 20.1. The van der Waals surface area contributed by atoms with Gasteiger partial charge in [-0.2, -0.15) is 0 Å². The lowest BCUT2D eigenvalue weighted by Gasteiger charge is -2.17. The Morgan fingerprint density at radius 3 is 2.33 bits per heavy atom. The minimum absolute atomic E-state index is 0.306. The van der Waals surface area contributed by atoms with Gasteiger partial charge in [-0.25, -0.2) is 0 Å². The smallest absolute Gasteiger partial charge is 0.279 e. The lowest BCUT2D eigenvalue weighted by atomic mass is 9.92. The van der Waals surface area contributed by atoms with Gasteiger partial charge in [0.05, 0.1) is 22.0 Å². The van der Waals surface area contributed by atoms with Crippen LogP contribution in [0.4, 0.5) is 11.4 Å². The first-order valence-corrected chi connectivity index (χ1v) is 5.49. The van der Waals surface area contributed by atoms with Gasteiger partial charge in [-0.1, -0.05) is 13.8 Å². The van der Waals surface area contributed by atoms with Gasteiger partial charge < -0.3 is 5.11 Å². The molecular weight excluding hydrogens is 240 g/mol. The monoisotopic (exact) mass is 254 g/mol. The highest BCUT2D eigenvalue weighted by molar-refractivity contribution is 5.50. The van der Waals surface area contributed by atoms with Crippen LogP contribution in [-0.4, -0.2) is 21.1 Å². The molecule has 1 rings (SSSR count). The van der Waals surface area contributed by atoms with E-state index in [1.807, 2.05) is 0 Å². The molecule has 0 saturated heterocycles. The van der Waals surface area contributed by atoms with Gasteiger partial charge >= 0.3 is 0 Å². The number of nitro benzene ring substituents is 2. The molecule has 0 aliphatic carbocycles. The first kappa shape index (κ1) is 14.0. The largest absolute Gasteiger partial charge is 0.393 e. The molecule has 0 radical (unpaired) electrons. The third-order valence-corrected chi connectivity index (χ3v) is 2.91. The molecule has 1 aromatic rings. The number of hydrogen-bond donors (Lipinski definition) is 1. The fourth-order valence-electron chi connectivity index (χ4n) is 1.75. The van der Waals surface area contributed by atoms with E-state index in [-0.39, 0.29) is 11.4 Å². The van der Waals surface area contributed by atoms with Crippen molar-refractivity contribution in [1.29, 1.82) is 0 Å². The molecule has 98 valence electrons. The highest BCUT2D eigenvalue weighted by Gasteiger charge is 2.26. The van der Waals surface area contributed by atoms with Crippen LogP contribution in [0, 0.1) is 20.2 Å². The minimum atomic E-state index is -0.717. The maximum atomic E-state index is 10.9. The number of aliphatic hydroxyl groups excluding tert-OH is 1. The summed E-state index contributed by atoms with van der Waals surface area (Å²) in [6, 6.07) is 3.47. The molecule has 1 aromatic carbocycles. The molecule has 2 atom stereocenters. The third kappa shape index (κ3) is 2.80. The predicted molar refractivity (Wildman–Crippen MR) is 64.5 cm³/mol. The molecular formula is C11H14N2O5. The lowest BCUT2D eigenvalue weighted by Crippen LogP contribution is -2.15. The number of aliphatic hydroxyl groups is 1. The second-order valence-corrected chi connectivity index (χ2v) is 4.02. The molecule has 0 amide bonds. The second-order valence-electron chi connectivity index (χ2n) is 4.02. The summed E-state index contributed by atoms with van der Waals surface area (Å²) >= 11 is 0. The lowest BCUT2D eigenvalue weighted by molar-refractivity contribution is -0.394. The van der Waals surface area contributed by atoms with Crippen molar-refractivity contribution >= 4 is 11.4 Å². The molecule has 7 nitrogen and oxygen atoms in total. The van der Waals surface area contributed by atoms with Crippen LogP contribution < -0.4 is 0 Å². The molecule has 0 fully saturated rings. The van der Waals surface area contributed by atoms with E-state index in [1.54, 1.807) is 13.8 Å². The van der Waals surface area contributed by atoms with Crippen LogP contribution in [-0.2, 0) is 0 Å². The number of non-ortho nitro benzene ring substituents is 1. The number of nitrogens with zero attached hydrogens (tertiary/aromatic N) is 2. The average molecular weight is 254 g/mol. The molecule has 0 heterocycles. The summed E-state index contributed by atoms with van der Waals surface area (Å²) < 4.78 is 0. The van der Waals surface area contributed by atoms with Crippen molar-refractivity contribution in [3.8, 4) is 0 Å². The Morgan fingerprint density at radius 2 is 1.89 bits per heavy atom. The fourth-order valence-corrected chi connectivity index (χ4v) is 1.75. The van der Waals surface area contributed by atoms with E-state index in [4.69, 9.17) is 0 Å². The Balaban J connectivity index is 3.27. The summed E-state index contributed by atoms with van der Waals surface area (Å²) in [5.74, 6) is -0.448. The van der Waals surface area contributed by atoms with Crippen LogP contribution in [0.1, 0.15) is 31.7 Å². The number of hydrogen-bond acceptors (Lipinski definition) is 5. The molecule has 0 bridgehead atoms. The Labute approximate surface area is 103 Å². The van der Waals surface area contributed by atoms with Crippen LogP contribution >= 0.6 is 0 Å². The first-order valence-electron chi connectivity index (χ1n) is 5.49. The van der Waals surface area contributed by atoms with Crippen molar-refractivity contribution in [3.63, 3.8) is 0 Å². The fraction of sp³-hybridized carbons (Fsp3) is 0.455. The molecule has 0 saturated carbocycles. The standard InChI is InChI=1S/C11H14N2O5/c1-3-11(14)7(2)9-5-4-8(12(15)16)6-10(9)13(17)18/h4-7,11,14H,3H2,1-2H3. The van der Waals surface area contributed by atoms with E-state index < -0.39 is 21.9 Å². The van der Waals surface area contributed by atoms with Crippen molar-refractivity contribution in [2.75, 3.05) is 0 Å².